The van der Waals surface area contributed by atoms with E-state index in [0.29, 0.717) is 47.0 Å². The number of ether oxygens (including phenoxy) is 3. The van der Waals surface area contributed by atoms with E-state index in [1.165, 1.54) is 0 Å². The average molecular weight is 674 g/mol. The highest BCUT2D eigenvalue weighted by Gasteiger charge is 2.25. The van der Waals surface area contributed by atoms with Gasteiger partial charge in [-0.3, -0.25) is 14.4 Å². The van der Waals surface area contributed by atoms with Crippen molar-refractivity contribution in [3.8, 4) is 17.2 Å². The van der Waals surface area contributed by atoms with E-state index >= 15 is 0 Å². The summed E-state index contributed by atoms with van der Waals surface area (Å²) in [5.41, 5.74) is 7.60. The number of nitrogens with one attached hydrogen (secondary N) is 2. The number of methoxy groups -OCH3 is 1. The Balaban J connectivity index is 1.28. The van der Waals surface area contributed by atoms with Gasteiger partial charge >= 0.3 is 0 Å². The maximum atomic E-state index is 13.2. The lowest BCUT2D eigenvalue weighted by Crippen LogP contribution is -2.50. The third kappa shape index (κ3) is 9.96. The van der Waals surface area contributed by atoms with Crippen LogP contribution in [0.5, 0.6) is 17.2 Å². The molecule has 0 saturated heterocycles. The second-order valence-corrected chi connectivity index (χ2v) is 12.4. The first-order valence-corrected chi connectivity index (χ1v) is 16.5. The maximum absolute atomic E-state index is 13.2. The van der Waals surface area contributed by atoms with Gasteiger partial charge in [0.05, 0.1) is 31.8 Å². The highest BCUT2D eigenvalue weighted by molar-refractivity contribution is 6.02. The van der Waals surface area contributed by atoms with E-state index in [2.05, 4.69) is 15.8 Å². The molecule has 3 amide bonds. The molecule has 0 aliphatic rings. The fourth-order valence-corrected chi connectivity index (χ4v) is 5.37. The van der Waals surface area contributed by atoms with Crippen molar-refractivity contribution < 1.29 is 33.1 Å². The summed E-state index contributed by atoms with van der Waals surface area (Å²) >= 11 is 0. The van der Waals surface area contributed by atoms with Gasteiger partial charge in [0.2, 0.25) is 11.8 Å². The Morgan fingerprint density at radius 2 is 1.55 bits per heavy atom. The molecule has 0 saturated carbocycles. The zero-order valence-corrected chi connectivity index (χ0v) is 29.0. The fourth-order valence-electron chi connectivity index (χ4n) is 5.37. The molecule has 3 aromatic carbocycles. The molecular formula is C37H47N5O7. The summed E-state index contributed by atoms with van der Waals surface area (Å²) in [7, 11) is 1.56. The minimum Gasteiger partial charge on any atom is -0.493 e. The molecule has 0 bridgehead atoms. The molecule has 0 fully saturated rings. The highest BCUT2D eigenvalue weighted by Crippen LogP contribution is 2.30. The van der Waals surface area contributed by atoms with Gasteiger partial charge in [0.15, 0.2) is 22.9 Å². The van der Waals surface area contributed by atoms with Crippen LogP contribution in [0, 0.1) is 0 Å². The Hall–Kier alpha value is -5.10. The number of aromatic nitrogens is 1. The van der Waals surface area contributed by atoms with Crippen molar-refractivity contribution in [1.82, 2.24) is 15.4 Å². The molecule has 12 heteroatoms. The molecule has 4 rings (SSSR count). The highest BCUT2D eigenvalue weighted by atomic mass is 16.5. The molecule has 2 unspecified atom stereocenters. The summed E-state index contributed by atoms with van der Waals surface area (Å²) < 4.78 is 22.9. The van der Waals surface area contributed by atoms with E-state index in [1.54, 1.807) is 50.4 Å². The number of nitrogens with two attached hydrogens (primary N) is 1. The molecule has 1 heterocycles. The first kappa shape index (κ1) is 36.7. The molecule has 1 aromatic heterocycles. The molecule has 49 heavy (non-hydrogen) atoms. The number of amides is 3. The molecule has 0 spiro atoms. The Bertz CT molecular complexity index is 1700. The zero-order valence-electron chi connectivity index (χ0n) is 29.0. The number of rotatable bonds is 17. The van der Waals surface area contributed by atoms with Crippen molar-refractivity contribution in [1.29, 1.82) is 0 Å². The van der Waals surface area contributed by atoms with Crippen LogP contribution >= 0.6 is 0 Å². The molecule has 0 aliphatic heterocycles. The van der Waals surface area contributed by atoms with Crippen molar-refractivity contribution in [2.24, 2.45) is 5.73 Å². The SMILES string of the molecule is COc1cc(C(=O)N(C(C)C)C(C)C)ccc1OCCCCOc1ccc2c(NC(=O)C(Cc3ccccc3)NC(=O)C(C)N)noc2c1. The standard InChI is InChI=1S/C37H47N5O7/c1-23(2)42(24(3)4)37(45)27-14-17-31(33(21-27)46-6)48-19-11-10-18-47-28-15-16-29-32(22-28)49-41-34(29)40-36(44)30(39-35(43)25(5)38)20-26-12-8-7-9-13-26/h7-9,12-17,21-25,30H,10-11,18-20,38H2,1-6H3,(H,39,43)(H,40,41,44). The van der Waals surface area contributed by atoms with Crippen LogP contribution in [0.2, 0.25) is 0 Å². The number of anilines is 1. The van der Waals surface area contributed by atoms with Crippen molar-refractivity contribution in [3.05, 3.63) is 77.9 Å². The topological polar surface area (TPSA) is 158 Å². The Morgan fingerprint density at radius 3 is 2.20 bits per heavy atom. The number of fused-ring (bicyclic) bond motifs is 1. The van der Waals surface area contributed by atoms with Gasteiger partial charge < -0.3 is 40.0 Å². The van der Waals surface area contributed by atoms with Gasteiger partial charge in [0.25, 0.3) is 5.91 Å². The number of hydrogen-bond acceptors (Lipinski definition) is 9. The third-order valence-corrected chi connectivity index (χ3v) is 7.84. The summed E-state index contributed by atoms with van der Waals surface area (Å²) in [6.07, 6.45) is 1.73. The minimum atomic E-state index is -0.866. The van der Waals surface area contributed by atoms with Crippen LogP contribution in [-0.4, -0.2) is 72.3 Å². The second kappa shape index (κ2) is 17.3. The van der Waals surface area contributed by atoms with Gasteiger partial charge in [-0.1, -0.05) is 35.5 Å². The van der Waals surface area contributed by atoms with Crippen LogP contribution < -0.4 is 30.6 Å². The second-order valence-electron chi connectivity index (χ2n) is 12.4. The Labute approximate surface area is 287 Å². The Kier molecular flexibility index (Phi) is 13.0. The smallest absolute Gasteiger partial charge is 0.254 e. The van der Waals surface area contributed by atoms with Gasteiger partial charge in [0.1, 0.15) is 11.8 Å². The van der Waals surface area contributed by atoms with Crippen LogP contribution in [0.1, 0.15) is 63.4 Å². The van der Waals surface area contributed by atoms with E-state index < -0.39 is 23.9 Å². The Morgan fingerprint density at radius 1 is 0.857 bits per heavy atom. The van der Waals surface area contributed by atoms with E-state index in [-0.39, 0.29) is 30.2 Å². The number of carbonyl (C=O) groups is 3. The molecule has 12 nitrogen and oxygen atoms in total. The zero-order chi connectivity index (χ0) is 35.5. The molecular weight excluding hydrogens is 626 g/mol. The number of unbranched alkanes of at least 4 members (excludes halogenated alkanes) is 1. The summed E-state index contributed by atoms with van der Waals surface area (Å²) in [5, 5.41) is 10.1. The fraction of sp³-hybridized carbons (Fsp3) is 0.405. The first-order valence-electron chi connectivity index (χ1n) is 16.5. The molecule has 4 aromatic rings. The number of hydrogen-bond donors (Lipinski definition) is 3. The monoisotopic (exact) mass is 673 g/mol. The van der Waals surface area contributed by atoms with E-state index in [4.69, 9.17) is 24.5 Å². The summed E-state index contributed by atoms with van der Waals surface area (Å²) in [5.74, 6) is 0.980. The minimum absolute atomic E-state index is 0.0491. The van der Waals surface area contributed by atoms with Gasteiger partial charge in [-0.05, 0) is 83.4 Å². The van der Waals surface area contributed by atoms with Crippen LogP contribution in [0.3, 0.4) is 0 Å². The molecule has 0 aliphatic carbocycles. The summed E-state index contributed by atoms with van der Waals surface area (Å²) in [6.45, 7) is 10.4. The van der Waals surface area contributed by atoms with Crippen LogP contribution in [-0.2, 0) is 16.0 Å². The van der Waals surface area contributed by atoms with E-state index in [9.17, 15) is 14.4 Å². The van der Waals surface area contributed by atoms with Crippen LogP contribution in [0.4, 0.5) is 5.82 Å². The first-order chi connectivity index (χ1) is 23.5. The lowest BCUT2D eigenvalue weighted by Gasteiger charge is -2.31. The number of benzene rings is 3. The average Bonchev–Trinajstić information content (AvgIpc) is 3.47. The van der Waals surface area contributed by atoms with Gasteiger partial charge in [-0.25, -0.2) is 0 Å². The van der Waals surface area contributed by atoms with Gasteiger partial charge in [0, 0.05) is 30.1 Å². The third-order valence-electron chi connectivity index (χ3n) is 7.84. The number of carbonyl (C=O) groups excluding carboxylic acids is 3. The van der Waals surface area contributed by atoms with Crippen LogP contribution in [0.25, 0.3) is 11.0 Å². The normalized spacial score (nSPS) is 12.4. The predicted octanol–water partition coefficient (Wildman–Crippen LogP) is 5.35. The summed E-state index contributed by atoms with van der Waals surface area (Å²) in [4.78, 5) is 40.5. The van der Waals surface area contributed by atoms with E-state index in [1.807, 2.05) is 62.9 Å². The van der Waals surface area contributed by atoms with E-state index in [0.717, 1.165) is 18.4 Å². The maximum Gasteiger partial charge on any atom is 0.254 e. The molecule has 4 N–H and O–H groups in total. The summed E-state index contributed by atoms with van der Waals surface area (Å²) in [6, 6.07) is 18.4. The van der Waals surface area contributed by atoms with Crippen LogP contribution in [0.15, 0.2) is 71.3 Å². The lowest BCUT2D eigenvalue weighted by atomic mass is 10.0. The predicted molar refractivity (Wildman–Crippen MR) is 188 cm³/mol. The largest absolute Gasteiger partial charge is 0.493 e. The molecule has 0 radical (unpaired) electrons. The van der Waals surface area contributed by atoms with Crippen molar-refractivity contribution >= 4 is 34.5 Å². The molecule has 2 atom stereocenters. The van der Waals surface area contributed by atoms with Gasteiger partial charge in [-0.15, -0.1) is 0 Å². The quantitative estimate of drug-likeness (QED) is 0.126. The van der Waals surface area contributed by atoms with Gasteiger partial charge in [-0.2, -0.15) is 0 Å². The van der Waals surface area contributed by atoms with Crippen molar-refractivity contribution in [2.75, 3.05) is 25.6 Å². The van der Waals surface area contributed by atoms with Crippen molar-refractivity contribution in [2.45, 2.75) is 78.0 Å². The lowest BCUT2D eigenvalue weighted by molar-refractivity contribution is -0.127. The van der Waals surface area contributed by atoms with Crippen molar-refractivity contribution in [3.63, 3.8) is 0 Å². The molecule has 262 valence electrons. The number of nitrogens with zero attached hydrogens (tertiary/aromatic N) is 2.